The number of para-hydroxylation sites is 1. The number of alkyl halides is 3. The molecule has 0 aliphatic carbocycles. The summed E-state index contributed by atoms with van der Waals surface area (Å²) in [5.74, 6) is 1.06. The van der Waals surface area contributed by atoms with Crippen LogP contribution in [0.1, 0.15) is 11.3 Å². The van der Waals surface area contributed by atoms with Crippen molar-refractivity contribution in [2.75, 3.05) is 7.11 Å². The van der Waals surface area contributed by atoms with E-state index in [1.165, 1.54) is 10.8 Å². The van der Waals surface area contributed by atoms with Crippen molar-refractivity contribution < 1.29 is 17.9 Å². The molecule has 6 nitrogen and oxygen atoms in total. The van der Waals surface area contributed by atoms with Gasteiger partial charge in [0.1, 0.15) is 27.3 Å². The fourth-order valence-electron chi connectivity index (χ4n) is 3.30. The molecule has 0 radical (unpaired) electrons. The van der Waals surface area contributed by atoms with Crippen molar-refractivity contribution in [1.82, 2.24) is 24.6 Å². The molecule has 4 heterocycles. The Kier molecular flexibility index (Phi) is 3.75. The molecule has 0 fully saturated rings. The lowest BCUT2D eigenvalue weighted by molar-refractivity contribution is -0.141. The van der Waals surface area contributed by atoms with Crippen LogP contribution < -0.4 is 4.74 Å². The van der Waals surface area contributed by atoms with Crippen molar-refractivity contribution in [3.05, 3.63) is 47.9 Å². The van der Waals surface area contributed by atoms with Crippen LogP contribution in [0.4, 0.5) is 13.2 Å². The number of thiophene rings is 1. The molecule has 0 aliphatic rings. The molecule has 0 bridgehead atoms. The molecular formula is C19H12F3N5OS. The van der Waals surface area contributed by atoms with Gasteiger partial charge in [-0.1, -0.05) is 12.1 Å². The molecule has 4 aromatic heterocycles. The monoisotopic (exact) mass is 415 g/mol. The average Bonchev–Trinajstić information content (AvgIpc) is 3.28. The van der Waals surface area contributed by atoms with E-state index in [1.807, 2.05) is 18.2 Å². The number of methoxy groups -OCH3 is 1. The maximum Gasteiger partial charge on any atom is 0.433 e. The van der Waals surface area contributed by atoms with E-state index in [1.54, 1.807) is 20.1 Å². The Morgan fingerprint density at radius 3 is 2.69 bits per heavy atom. The first-order valence-electron chi connectivity index (χ1n) is 8.52. The number of ether oxygens (including phenoxy) is 1. The molecule has 0 spiro atoms. The molecule has 29 heavy (non-hydrogen) atoms. The van der Waals surface area contributed by atoms with Crippen LogP contribution in [0, 0.1) is 6.92 Å². The quantitative estimate of drug-likeness (QED) is 0.411. The van der Waals surface area contributed by atoms with Gasteiger partial charge in [-0.2, -0.15) is 13.2 Å². The first-order chi connectivity index (χ1) is 13.9. The maximum atomic E-state index is 13.2. The topological polar surface area (TPSA) is 65.2 Å². The summed E-state index contributed by atoms with van der Waals surface area (Å²) in [4.78, 5) is 13.1. The Morgan fingerprint density at radius 2 is 1.93 bits per heavy atom. The minimum Gasteiger partial charge on any atom is -0.496 e. The molecule has 0 saturated heterocycles. The predicted octanol–water partition coefficient (Wildman–Crippen LogP) is 4.89. The van der Waals surface area contributed by atoms with E-state index in [0.29, 0.717) is 44.0 Å². The van der Waals surface area contributed by atoms with Crippen LogP contribution in [-0.4, -0.2) is 31.7 Å². The Labute approximate surface area is 165 Å². The van der Waals surface area contributed by atoms with Gasteiger partial charge in [-0.15, -0.1) is 16.4 Å². The molecule has 146 valence electrons. The van der Waals surface area contributed by atoms with Crippen molar-refractivity contribution in [3.63, 3.8) is 0 Å². The number of nitrogens with zero attached hydrogens (tertiary/aromatic N) is 5. The van der Waals surface area contributed by atoms with Crippen molar-refractivity contribution in [1.29, 1.82) is 0 Å². The Bertz CT molecular complexity index is 1410. The van der Waals surface area contributed by atoms with Crippen molar-refractivity contribution in [3.8, 4) is 17.1 Å². The summed E-state index contributed by atoms with van der Waals surface area (Å²) in [6.45, 7) is 1.63. The lowest BCUT2D eigenvalue weighted by Crippen LogP contribution is -2.07. The molecular weight excluding hydrogens is 403 g/mol. The van der Waals surface area contributed by atoms with Gasteiger partial charge in [0.15, 0.2) is 11.5 Å². The van der Waals surface area contributed by atoms with E-state index < -0.39 is 11.9 Å². The normalized spacial score (nSPS) is 12.3. The zero-order valence-corrected chi connectivity index (χ0v) is 16.0. The van der Waals surface area contributed by atoms with Crippen molar-refractivity contribution in [2.45, 2.75) is 13.1 Å². The highest BCUT2D eigenvalue weighted by molar-refractivity contribution is 7.26. The molecule has 5 aromatic rings. The molecule has 0 N–H and O–H groups in total. The fourth-order valence-corrected chi connectivity index (χ4v) is 4.48. The summed E-state index contributed by atoms with van der Waals surface area (Å²) in [6, 6.07) is 8.38. The summed E-state index contributed by atoms with van der Waals surface area (Å²) in [5.41, 5.74) is 1.33. The van der Waals surface area contributed by atoms with Gasteiger partial charge in [-0.25, -0.2) is 19.5 Å². The third-order valence-electron chi connectivity index (χ3n) is 4.60. The summed E-state index contributed by atoms with van der Waals surface area (Å²) in [6.07, 6.45) is -3.00. The molecule has 5 rings (SSSR count). The highest BCUT2D eigenvalue weighted by atomic mass is 32.1. The number of pyridine rings is 1. The minimum absolute atomic E-state index is 0.273. The van der Waals surface area contributed by atoms with Gasteiger partial charge in [-0.05, 0) is 30.7 Å². The van der Waals surface area contributed by atoms with Gasteiger partial charge in [0.2, 0.25) is 0 Å². The molecule has 10 heteroatoms. The van der Waals surface area contributed by atoms with Gasteiger partial charge >= 0.3 is 6.18 Å². The summed E-state index contributed by atoms with van der Waals surface area (Å²) in [7, 11) is 1.56. The van der Waals surface area contributed by atoms with E-state index in [4.69, 9.17) is 4.74 Å². The number of aromatic nitrogens is 5. The molecule has 0 aliphatic heterocycles. The molecule has 1 aromatic carbocycles. The standard InChI is InChI=1S/C19H12F3N5OS/c1-9-7-12(19(20,21)22)24-18-13(9)14-15(29-18)17-25-16(26-27(17)8-23-14)10-5-3-4-6-11(10)28-2/h3-8H,1-2H3. The zero-order valence-electron chi connectivity index (χ0n) is 15.2. The van der Waals surface area contributed by atoms with E-state index in [-0.39, 0.29) is 4.83 Å². The lowest BCUT2D eigenvalue weighted by Gasteiger charge is -2.06. The predicted molar refractivity (Wildman–Crippen MR) is 103 cm³/mol. The van der Waals surface area contributed by atoms with Crippen LogP contribution in [0.25, 0.3) is 37.5 Å². The number of rotatable bonds is 2. The SMILES string of the molecule is COc1ccccc1-c1nc2c3sc4nc(C(F)(F)F)cc(C)c4c3ncn2n1. The van der Waals surface area contributed by atoms with Gasteiger partial charge in [0.25, 0.3) is 0 Å². The maximum absolute atomic E-state index is 13.2. The van der Waals surface area contributed by atoms with Gasteiger partial charge < -0.3 is 4.74 Å². The number of aryl methyl sites for hydroxylation is 1. The van der Waals surface area contributed by atoms with Crippen LogP contribution in [0.5, 0.6) is 5.75 Å². The molecule has 0 atom stereocenters. The number of halogens is 3. The number of fused-ring (bicyclic) bond motifs is 5. The number of hydrogen-bond donors (Lipinski definition) is 0. The van der Waals surface area contributed by atoms with Gasteiger partial charge in [0, 0.05) is 5.39 Å². The van der Waals surface area contributed by atoms with Crippen LogP contribution in [0.3, 0.4) is 0 Å². The minimum atomic E-state index is -4.51. The first-order valence-corrected chi connectivity index (χ1v) is 9.34. The number of benzene rings is 1. The number of hydrogen-bond acceptors (Lipinski definition) is 6. The van der Waals surface area contributed by atoms with Crippen LogP contribution >= 0.6 is 11.3 Å². The molecule has 0 saturated carbocycles. The smallest absolute Gasteiger partial charge is 0.433 e. The van der Waals surface area contributed by atoms with E-state index in [0.717, 1.165) is 17.4 Å². The second-order valence-electron chi connectivity index (χ2n) is 6.43. The summed E-state index contributed by atoms with van der Waals surface area (Å²) >= 11 is 1.13. The second kappa shape index (κ2) is 6.11. The molecule has 0 amide bonds. The van der Waals surface area contributed by atoms with Crippen molar-refractivity contribution in [2.24, 2.45) is 0 Å². The Hall–Kier alpha value is -3.27. The average molecular weight is 415 g/mol. The Morgan fingerprint density at radius 1 is 1.14 bits per heavy atom. The van der Waals surface area contributed by atoms with Gasteiger partial charge in [-0.3, -0.25) is 0 Å². The Balaban J connectivity index is 1.79. The third-order valence-corrected chi connectivity index (χ3v) is 5.67. The van der Waals surface area contributed by atoms with E-state index >= 15 is 0 Å². The van der Waals surface area contributed by atoms with E-state index in [2.05, 4.69) is 20.1 Å². The first kappa shape index (κ1) is 17.8. The molecule has 0 unspecified atom stereocenters. The highest BCUT2D eigenvalue weighted by Crippen LogP contribution is 2.39. The largest absolute Gasteiger partial charge is 0.496 e. The lowest BCUT2D eigenvalue weighted by atomic mass is 10.1. The van der Waals surface area contributed by atoms with Crippen LogP contribution in [-0.2, 0) is 6.18 Å². The summed E-state index contributed by atoms with van der Waals surface area (Å²) in [5, 5.41) is 5.06. The van der Waals surface area contributed by atoms with Crippen molar-refractivity contribution >= 4 is 37.4 Å². The van der Waals surface area contributed by atoms with E-state index in [9.17, 15) is 13.2 Å². The fraction of sp³-hybridized carbons (Fsp3) is 0.158. The van der Waals surface area contributed by atoms with Gasteiger partial charge in [0.05, 0.1) is 18.2 Å². The third kappa shape index (κ3) is 2.70. The van der Waals surface area contributed by atoms with Crippen LogP contribution in [0.15, 0.2) is 36.7 Å². The summed E-state index contributed by atoms with van der Waals surface area (Å²) < 4.78 is 47.0. The zero-order chi connectivity index (χ0) is 20.3. The second-order valence-corrected chi connectivity index (χ2v) is 7.43. The van der Waals surface area contributed by atoms with Crippen LogP contribution in [0.2, 0.25) is 0 Å². The highest BCUT2D eigenvalue weighted by Gasteiger charge is 2.33.